The summed E-state index contributed by atoms with van der Waals surface area (Å²) in [6.07, 6.45) is 0.809. The molecule has 0 atom stereocenters. The molecule has 0 saturated heterocycles. The molecule has 6 heteroatoms. The fourth-order valence-electron chi connectivity index (χ4n) is 2.41. The highest BCUT2D eigenvalue weighted by molar-refractivity contribution is 7.20. The molecule has 1 aromatic carbocycles. The number of ether oxygens (including phenoxy) is 1. The zero-order chi connectivity index (χ0) is 16.2. The van der Waals surface area contributed by atoms with E-state index in [4.69, 9.17) is 4.74 Å². The highest BCUT2D eigenvalue weighted by Gasteiger charge is 2.16. The monoisotopic (exact) mass is 329 g/mol. The highest BCUT2D eigenvalue weighted by Crippen LogP contribution is 2.30. The van der Waals surface area contributed by atoms with Crippen molar-refractivity contribution in [3.63, 3.8) is 0 Å². The van der Waals surface area contributed by atoms with Gasteiger partial charge < -0.3 is 10.1 Å². The molecule has 0 aliphatic carbocycles. The van der Waals surface area contributed by atoms with E-state index in [1.165, 1.54) is 11.3 Å². The molecule has 0 radical (unpaired) electrons. The molecule has 0 unspecified atom stereocenters. The molecule has 2 heterocycles. The Morgan fingerprint density at radius 3 is 2.87 bits per heavy atom. The second kappa shape index (κ2) is 6.93. The Hall–Kier alpha value is -2.18. The van der Waals surface area contributed by atoms with Crippen LogP contribution in [-0.4, -0.2) is 35.9 Å². The lowest BCUT2D eigenvalue weighted by Gasteiger charge is -2.03. The van der Waals surface area contributed by atoms with Gasteiger partial charge in [0, 0.05) is 25.6 Å². The molecule has 120 valence electrons. The molecule has 5 nitrogen and oxygen atoms in total. The third-order valence-corrected chi connectivity index (χ3v) is 4.69. The fraction of sp³-hybridized carbons (Fsp3) is 0.294. The number of hydrogen-bond donors (Lipinski definition) is 1. The molecule has 0 aliphatic rings. The van der Waals surface area contributed by atoms with Gasteiger partial charge in [-0.05, 0) is 31.5 Å². The quantitative estimate of drug-likeness (QED) is 0.707. The zero-order valence-corrected chi connectivity index (χ0v) is 14.0. The third kappa shape index (κ3) is 3.28. The maximum Gasteiger partial charge on any atom is 0.261 e. The standard InChI is InChI=1S/C17H19N3O2S/c1-12-14-11-15(16(21)18-9-6-10-22-2)23-17(14)20(19-12)13-7-4-3-5-8-13/h3-5,7-8,11H,6,9-10H2,1-2H3,(H,18,21). The number of amides is 1. The summed E-state index contributed by atoms with van der Waals surface area (Å²) in [6.45, 7) is 3.23. The second-order valence-electron chi connectivity index (χ2n) is 5.26. The second-order valence-corrected chi connectivity index (χ2v) is 6.30. The van der Waals surface area contributed by atoms with Crippen LogP contribution in [-0.2, 0) is 4.74 Å². The predicted octanol–water partition coefficient (Wildman–Crippen LogP) is 3.16. The maximum absolute atomic E-state index is 12.3. The number of fused-ring (bicyclic) bond motifs is 1. The van der Waals surface area contributed by atoms with Crippen LogP contribution in [0.15, 0.2) is 36.4 Å². The van der Waals surface area contributed by atoms with Crippen LogP contribution in [0.5, 0.6) is 0 Å². The van der Waals surface area contributed by atoms with Crippen LogP contribution in [0.1, 0.15) is 21.8 Å². The zero-order valence-electron chi connectivity index (χ0n) is 13.2. The van der Waals surface area contributed by atoms with E-state index < -0.39 is 0 Å². The van der Waals surface area contributed by atoms with Gasteiger partial charge in [0.25, 0.3) is 5.91 Å². The number of carbonyl (C=O) groups is 1. The number of aryl methyl sites for hydroxylation is 1. The van der Waals surface area contributed by atoms with Gasteiger partial charge in [-0.1, -0.05) is 18.2 Å². The van der Waals surface area contributed by atoms with Crippen molar-refractivity contribution < 1.29 is 9.53 Å². The van der Waals surface area contributed by atoms with Crippen molar-refractivity contribution in [1.29, 1.82) is 0 Å². The molecule has 1 N–H and O–H groups in total. The summed E-state index contributed by atoms with van der Waals surface area (Å²) in [7, 11) is 1.66. The van der Waals surface area contributed by atoms with Gasteiger partial charge in [-0.15, -0.1) is 11.3 Å². The number of hydrogen-bond acceptors (Lipinski definition) is 4. The lowest BCUT2D eigenvalue weighted by molar-refractivity contribution is 0.0952. The smallest absolute Gasteiger partial charge is 0.261 e. The van der Waals surface area contributed by atoms with E-state index in [9.17, 15) is 4.79 Å². The molecule has 2 aromatic heterocycles. The summed E-state index contributed by atoms with van der Waals surface area (Å²) >= 11 is 1.47. The molecule has 3 rings (SSSR count). The van der Waals surface area contributed by atoms with Gasteiger partial charge in [0.1, 0.15) is 4.83 Å². The Labute approximate surface area is 138 Å². The first-order valence-corrected chi connectivity index (χ1v) is 8.34. The first-order valence-electron chi connectivity index (χ1n) is 7.52. The fourth-order valence-corrected chi connectivity index (χ4v) is 3.51. The number of thiophene rings is 1. The Morgan fingerprint density at radius 2 is 2.13 bits per heavy atom. The average Bonchev–Trinajstić information content (AvgIpc) is 3.13. The van der Waals surface area contributed by atoms with E-state index >= 15 is 0 Å². The number of para-hydroxylation sites is 1. The van der Waals surface area contributed by atoms with Gasteiger partial charge in [0.15, 0.2) is 0 Å². The molecule has 23 heavy (non-hydrogen) atoms. The molecule has 0 fully saturated rings. The van der Waals surface area contributed by atoms with Crippen LogP contribution < -0.4 is 5.32 Å². The molecule has 0 bridgehead atoms. The number of benzene rings is 1. The van der Waals surface area contributed by atoms with E-state index in [-0.39, 0.29) is 5.91 Å². The largest absolute Gasteiger partial charge is 0.385 e. The summed E-state index contributed by atoms with van der Waals surface area (Å²) in [5.41, 5.74) is 1.93. The van der Waals surface area contributed by atoms with Crippen LogP contribution in [0, 0.1) is 6.92 Å². The Bertz CT molecular complexity index is 808. The lowest BCUT2D eigenvalue weighted by Crippen LogP contribution is -2.24. The van der Waals surface area contributed by atoms with Gasteiger partial charge in [-0.3, -0.25) is 4.79 Å². The Morgan fingerprint density at radius 1 is 1.35 bits per heavy atom. The lowest BCUT2D eigenvalue weighted by atomic mass is 10.3. The van der Waals surface area contributed by atoms with Crippen molar-refractivity contribution in [1.82, 2.24) is 15.1 Å². The third-order valence-electron chi connectivity index (χ3n) is 3.58. The van der Waals surface area contributed by atoms with Crippen molar-refractivity contribution >= 4 is 27.5 Å². The maximum atomic E-state index is 12.3. The number of nitrogens with one attached hydrogen (secondary N) is 1. The number of aromatic nitrogens is 2. The van der Waals surface area contributed by atoms with Crippen LogP contribution in [0.25, 0.3) is 15.9 Å². The summed E-state index contributed by atoms with van der Waals surface area (Å²) in [6, 6.07) is 11.9. The molecular formula is C17H19N3O2S. The minimum Gasteiger partial charge on any atom is -0.385 e. The molecule has 0 aliphatic heterocycles. The summed E-state index contributed by atoms with van der Waals surface area (Å²) in [5, 5.41) is 8.54. The Balaban J connectivity index is 1.86. The molecule has 1 amide bonds. The van der Waals surface area contributed by atoms with Crippen molar-refractivity contribution in [3.8, 4) is 5.69 Å². The predicted molar refractivity (Wildman–Crippen MR) is 92.5 cm³/mol. The minimum atomic E-state index is -0.0404. The van der Waals surface area contributed by atoms with E-state index in [0.717, 1.165) is 28.0 Å². The minimum absolute atomic E-state index is 0.0404. The van der Waals surface area contributed by atoms with Crippen LogP contribution >= 0.6 is 11.3 Å². The Kier molecular flexibility index (Phi) is 4.73. The van der Waals surface area contributed by atoms with Gasteiger partial charge in [-0.25, -0.2) is 4.68 Å². The van der Waals surface area contributed by atoms with Gasteiger partial charge in [0.2, 0.25) is 0 Å². The first kappa shape index (κ1) is 15.7. The average molecular weight is 329 g/mol. The van der Waals surface area contributed by atoms with Crippen molar-refractivity contribution in [2.45, 2.75) is 13.3 Å². The molecule has 0 spiro atoms. The van der Waals surface area contributed by atoms with E-state index in [1.807, 2.05) is 48.0 Å². The van der Waals surface area contributed by atoms with Gasteiger partial charge in [-0.2, -0.15) is 5.10 Å². The molecule has 0 saturated carbocycles. The molecular weight excluding hydrogens is 310 g/mol. The SMILES string of the molecule is COCCCNC(=O)c1cc2c(C)nn(-c3ccccc3)c2s1. The summed E-state index contributed by atoms with van der Waals surface area (Å²) in [5.74, 6) is -0.0404. The van der Waals surface area contributed by atoms with E-state index in [2.05, 4.69) is 10.4 Å². The number of carbonyl (C=O) groups excluding carboxylic acids is 1. The van der Waals surface area contributed by atoms with Crippen molar-refractivity contribution in [2.24, 2.45) is 0 Å². The number of methoxy groups -OCH3 is 1. The summed E-state index contributed by atoms with van der Waals surface area (Å²) in [4.78, 5) is 14.0. The van der Waals surface area contributed by atoms with E-state index in [0.29, 0.717) is 18.0 Å². The topological polar surface area (TPSA) is 56.1 Å². The van der Waals surface area contributed by atoms with Crippen LogP contribution in [0.2, 0.25) is 0 Å². The van der Waals surface area contributed by atoms with Crippen LogP contribution in [0.4, 0.5) is 0 Å². The first-order chi connectivity index (χ1) is 11.2. The number of nitrogens with zero attached hydrogens (tertiary/aromatic N) is 2. The molecule has 3 aromatic rings. The normalized spacial score (nSPS) is 11.0. The van der Waals surface area contributed by atoms with Crippen LogP contribution in [0.3, 0.4) is 0 Å². The van der Waals surface area contributed by atoms with Crippen molar-refractivity contribution in [3.05, 3.63) is 47.0 Å². The highest BCUT2D eigenvalue weighted by atomic mass is 32.1. The van der Waals surface area contributed by atoms with E-state index in [1.54, 1.807) is 7.11 Å². The van der Waals surface area contributed by atoms with Gasteiger partial charge in [0.05, 0.1) is 16.3 Å². The van der Waals surface area contributed by atoms with Crippen molar-refractivity contribution in [2.75, 3.05) is 20.3 Å². The number of rotatable bonds is 6. The van der Waals surface area contributed by atoms with Gasteiger partial charge >= 0.3 is 0 Å². The summed E-state index contributed by atoms with van der Waals surface area (Å²) < 4.78 is 6.88.